The number of fused-ring (bicyclic) bond motifs is 6. The van der Waals surface area contributed by atoms with E-state index in [1.54, 1.807) is 7.11 Å². The second kappa shape index (κ2) is 12.3. The summed E-state index contributed by atoms with van der Waals surface area (Å²) in [5.74, 6) is -0.583. The molecule has 0 radical (unpaired) electrons. The van der Waals surface area contributed by atoms with Crippen LogP contribution < -0.4 is 15.4 Å². The van der Waals surface area contributed by atoms with Gasteiger partial charge in [-0.05, 0) is 79.7 Å². The Morgan fingerprint density at radius 3 is 2.55 bits per heavy atom. The standard InChI is InChI=1S/C44H57N5O6/c1-7-40(3)22-26-23-43(39(52)55-6,34-28(14-18-48(24-26)25-40)27-12-9-10-13-31(27)46-34)30-20-29-32(21-33(30)54-5)47(4)36-42(29)16-19-49-17-11-15-41(8-2,35(42)49)37(50)44(36,53)38(45)51/h9-13,15,20-21,26,35-37,46,50,53H,7-8,14,16-19,22-25H2,1-6H3,(H2,45,51)/t26-,35-,36+,37+,40+,41+,42+,43+,44+/m0/s1. The zero-order valence-electron chi connectivity index (χ0n) is 33.2. The third-order valence-electron chi connectivity index (χ3n) is 15.6. The molecule has 1 unspecified atom stereocenters. The molecule has 10 atom stereocenters. The summed E-state index contributed by atoms with van der Waals surface area (Å²) in [4.78, 5) is 39.7. The van der Waals surface area contributed by atoms with Gasteiger partial charge in [0.1, 0.15) is 17.3 Å². The first-order chi connectivity index (χ1) is 26.3. The van der Waals surface area contributed by atoms with Crippen LogP contribution in [-0.4, -0.2) is 115 Å². The number of esters is 1. The van der Waals surface area contributed by atoms with Crippen molar-refractivity contribution in [2.24, 2.45) is 22.5 Å². The maximum Gasteiger partial charge on any atom is 0.322 e. The monoisotopic (exact) mass is 751 g/mol. The highest BCUT2D eigenvalue weighted by molar-refractivity contribution is 5.95. The number of amides is 1. The van der Waals surface area contributed by atoms with Crippen molar-refractivity contribution in [1.82, 2.24) is 14.8 Å². The Kier molecular flexibility index (Phi) is 8.21. The lowest BCUT2D eigenvalue weighted by Crippen LogP contribution is -2.81. The molecule has 1 aliphatic carbocycles. The molecule has 6 aliphatic rings. The molecule has 1 amide bonds. The maximum absolute atomic E-state index is 15.3. The van der Waals surface area contributed by atoms with Crippen LogP contribution in [0, 0.1) is 16.7 Å². The molecule has 11 nitrogen and oxygen atoms in total. The number of nitrogens with one attached hydrogen (secondary N) is 1. The molecular weight excluding hydrogens is 695 g/mol. The normalized spacial score (nSPS) is 39.0. The summed E-state index contributed by atoms with van der Waals surface area (Å²) >= 11 is 0. The van der Waals surface area contributed by atoms with Crippen LogP contribution in [0.25, 0.3) is 10.9 Å². The van der Waals surface area contributed by atoms with E-state index in [0.29, 0.717) is 38.1 Å². The number of anilines is 1. The molecule has 9 rings (SSSR count). The van der Waals surface area contributed by atoms with E-state index in [1.165, 1.54) is 7.11 Å². The van der Waals surface area contributed by atoms with Gasteiger partial charge in [0.25, 0.3) is 5.91 Å². The molecule has 2 bridgehead atoms. The molecule has 1 saturated carbocycles. The van der Waals surface area contributed by atoms with Crippen molar-refractivity contribution in [2.75, 3.05) is 58.9 Å². The van der Waals surface area contributed by atoms with Gasteiger partial charge in [0.15, 0.2) is 5.60 Å². The number of para-hydroxylation sites is 1. The predicted octanol–water partition coefficient (Wildman–Crippen LogP) is 4.01. The van der Waals surface area contributed by atoms with Crippen molar-refractivity contribution < 1.29 is 29.3 Å². The van der Waals surface area contributed by atoms with E-state index in [2.05, 4.69) is 59.0 Å². The summed E-state index contributed by atoms with van der Waals surface area (Å²) in [5, 5.41) is 26.2. The SMILES string of the molecule is CC[C@]1(C)C[C@@H]2CN(CCc3c([nH]c4ccccc34)[C@](C(=O)OC)(c3cc4c(cc3OC)N(C)[C@H]3[C@](O)(C(N)=O)[C@H](O)[C@]5(CC)C=CCN6CC[C@]43[C@@H]65)C2)C1. The van der Waals surface area contributed by atoms with E-state index in [-0.39, 0.29) is 23.3 Å². The predicted molar refractivity (Wildman–Crippen MR) is 211 cm³/mol. The topological polar surface area (TPSA) is 145 Å². The van der Waals surface area contributed by atoms with Gasteiger partial charge in [0.05, 0.1) is 20.3 Å². The zero-order chi connectivity index (χ0) is 38.9. The minimum absolute atomic E-state index is 0.0925. The van der Waals surface area contributed by atoms with Gasteiger partial charge in [0, 0.05) is 84.0 Å². The number of rotatable bonds is 6. The highest BCUT2D eigenvalue weighted by Gasteiger charge is 2.78. The highest BCUT2D eigenvalue weighted by Crippen LogP contribution is 2.67. The van der Waals surface area contributed by atoms with Crippen LogP contribution in [0.15, 0.2) is 48.6 Å². The van der Waals surface area contributed by atoms with Gasteiger partial charge >= 0.3 is 5.97 Å². The Morgan fingerprint density at radius 1 is 1.05 bits per heavy atom. The molecule has 3 aromatic rings. The summed E-state index contributed by atoms with van der Waals surface area (Å²) in [6.45, 7) is 10.9. The summed E-state index contributed by atoms with van der Waals surface area (Å²) in [6.07, 6.45) is 7.06. The smallest absolute Gasteiger partial charge is 0.322 e. The molecule has 55 heavy (non-hydrogen) atoms. The summed E-state index contributed by atoms with van der Waals surface area (Å²) in [7, 11) is 5.01. The van der Waals surface area contributed by atoms with E-state index < -0.39 is 39.9 Å². The fourth-order valence-electron chi connectivity index (χ4n) is 13.3. The average molecular weight is 752 g/mol. The number of hydrogen-bond donors (Lipinski definition) is 4. The van der Waals surface area contributed by atoms with Crippen molar-refractivity contribution in [1.29, 1.82) is 0 Å². The number of benzene rings is 2. The Bertz CT molecular complexity index is 2120. The molecule has 3 fully saturated rings. The van der Waals surface area contributed by atoms with Crippen LogP contribution in [0.2, 0.25) is 0 Å². The molecule has 294 valence electrons. The van der Waals surface area contributed by atoms with Crippen molar-refractivity contribution in [3.8, 4) is 5.75 Å². The van der Waals surface area contributed by atoms with E-state index in [1.807, 2.05) is 37.1 Å². The number of methoxy groups -OCH3 is 2. The zero-order valence-corrected chi connectivity index (χ0v) is 33.2. The lowest BCUT2D eigenvalue weighted by atomic mass is 9.47. The van der Waals surface area contributed by atoms with Gasteiger partial charge in [-0.1, -0.05) is 51.1 Å². The minimum atomic E-state index is -2.27. The Morgan fingerprint density at radius 2 is 1.84 bits per heavy atom. The number of aliphatic hydroxyl groups excluding tert-OH is 1. The summed E-state index contributed by atoms with van der Waals surface area (Å²) in [6, 6.07) is 11.4. The van der Waals surface area contributed by atoms with Crippen LogP contribution in [0.4, 0.5) is 5.69 Å². The molecule has 11 heteroatoms. The maximum atomic E-state index is 15.3. The molecule has 5 aliphatic heterocycles. The Balaban J connectivity index is 1.36. The van der Waals surface area contributed by atoms with Crippen LogP contribution in [0.3, 0.4) is 0 Å². The first-order valence-electron chi connectivity index (χ1n) is 20.3. The number of nitrogens with zero attached hydrogens (tertiary/aromatic N) is 3. The van der Waals surface area contributed by atoms with Crippen molar-refractivity contribution in [3.05, 3.63) is 70.9 Å². The van der Waals surface area contributed by atoms with Crippen molar-refractivity contribution in [2.45, 2.75) is 93.9 Å². The minimum Gasteiger partial charge on any atom is -0.496 e. The third-order valence-corrected chi connectivity index (χ3v) is 15.6. The number of H-pyrrole nitrogens is 1. The van der Waals surface area contributed by atoms with Crippen LogP contribution >= 0.6 is 0 Å². The first-order valence-corrected chi connectivity index (χ1v) is 20.3. The number of hydrogen-bond acceptors (Lipinski definition) is 9. The van der Waals surface area contributed by atoms with Crippen LogP contribution in [-0.2, 0) is 31.6 Å². The van der Waals surface area contributed by atoms with Gasteiger partial charge in [0.2, 0.25) is 0 Å². The number of piperidine rings is 1. The van der Waals surface area contributed by atoms with Gasteiger partial charge < -0.3 is 40.2 Å². The molecular formula is C44H57N5O6. The van der Waals surface area contributed by atoms with Crippen LogP contribution in [0.1, 0.15) is 75.3 Å². The van der Waals surface area contributed by atoms with E-state index in [9.17, 15) is 15.0 Å². The first kappa shape index (κ1) is 36.7. The molecule has 2 aromatic carbocycles. The lowest BCUT2D eigenvalue weighted by Gasteiger charge is -2.63. The van der Waals surface area contributed by atoms with Gasteiger partial charge in [-0.2, -0.15) is 0 Å². The van der Waals surface area contributed by atoms with Gasteiger partial charge in [-0.25, -0.2) is 0 Å². The second-order valence-corrected chi connectivity index (χ2v) is 18.1. The average Bonchev–Trinajstić information content (AvgIpc) is 3.84. The van der Waals surface area contributed by atoms with E-state index in [4.69, 9.17) is 15.2 Å². The molecule has 2 saturated heterocycles. The van der Waals surface area contributed by atoms with E-state index >= 15 is 4.79 Å². The number of carbonyl (C=O) groups excluding carboxylic acids is 2. The van der Waals surface area contributed by atoms with Gasteiger partial charge in [-0.15, -0.1) is 0 Å². The number of nitrogens with two attached hydrogens (primary N) is 1. The number of aromatic nitrogens is 1. The summed E-state index contributed by atoms with van der Waals surface area (Å²) in [5.41, 5.74) is 6.34. The number of ether oxygens (including phenoxy) is 2. The summed E-state index contributed by atoms with van der Waals surface area (Å²) < 4.78 is 12.3. The molecule has 5 N–H and O–H groups in total. The number of primary amides is 1. The van der Waals surface area contributed by atoms with E-state index in [0.717, 1.165) is 77.9 Å². The molecule has 1 spiro atoms. The van der Waals surface area contributed by atoms with Crippen LogP contribution in [0.5, 0.6) is 5.75 Å². The largest absolute Gasteiger partial charge is 0.496 e. The Labute approximate surface area is 323 Å². The fourth-order valence-corrected chi connectivity index (χ4v) is 13.3. The molecule has 1 aromatic heterocycles. The quantitative estimate of drug-likeness (QED) is 0.217. The number of likely N-dealkylation sites (N-methyl/N-ethyl adjacent to an activating group) is 1. The number of aromatic amines is 1. The fraction of sp³-hybridized carbons (Fsp3) is 0.591. The second-order valence-electron chi connectivity index (χ2n) is 18.1. The van der Waals surface area contributed by atoms with Gasteiger partial charge in [-0.3, -0.25) is 14.5 Å². The highest BCUT2D eigenvalue weighted by atomic mass is 16.5. The van der Waals surface area contributed by atoms with Crippen molar-refractivity contribution >= 4 is 28.5 Å². The number of carbonyl (C=O) groups is 2. The molecule has 6 heterocycles. The third kappa shape index (κ3) is 4.52. The Hall–Kier alpha value is -3.90. The van der Waals surface area contributed by atoms with Crippen molar-refractivity contribution in [3.63, 3.8) is 0 Å². The number of aliphatic hydroxyl groups is 2. The lowest BCUT2D eigenvalue weighted by molar-refractivity contribution is -0.201.